The average Bonchev–Trinajstić information content (AvgIpc) is 2.69. The first-order chi connectivity index (χ1) is 12.2. The van der Waals surface area contributed by atoms with Crippen molar-refractivity contribution >= 4 is 11.9 Å². The molecule has 5 heteroatoms. The Labute approximate surface area is 147 Å². The van der Waals surface area contributed by atoms with Crippen LogP contribution in [0.15, 0.2) is 54.9 Å². The van der Waals surface area contributed by atoms with Crippen LogP contribution in [0, 0.1) is 5.92 Å². The van der Waals surface area contributed by atoms with Gasteiger partial charge in [-0.05, 0) is 36.6 Å². The average molecular weight is 338 g/mol. The number of likely N-dealkylation sites (tertiary alicyclic amines) is 1. The van der Waals surface area contributed by atoms with Crippen LogP contribution < -0.4 is 0 Å². The van der Waals surface area contributed by atoms with Gasteiger partial charge in [0.2, 0.25) is 0 Å². The molecule has 130 valence electrons. The number of hydrogen-bond donors (Lipinski definition) is 0. The molecule has 0 radical (unpaired) electrons. The molecule has 0 spiro atoms. The van der Waals surface area contributed by atoms with Crippen molar-refractivity contribution in [3.8, 4) is 0 Å². The zero-order valence-electron chi connectivity index (χ0n) is 14.1. The van der Waals surface area contributed by atoms with Gasteiger partial charge < -0.3 is 9.64 Å². The summed E-state index contributed by atoms with van der Waals surface area (Å²) in [7, 11) is 0. The second-order valence-corrected chi connectivity index (χ2v) is 6.21. The van der Waals surface area contributed by atoms with Gasteiger partial charge in [-0.2, -0.15) is 0 Å². The predicted octanol–water partition coefficient (Wildman–Crippen LogP) is 2.72. The standard InChI is InChI=1S/C20H22N2O3/c23-19(17-6-2-1-3-7-17)22-12-8-18(9-13-22)20(24)25-14-10-16-5-4-11-21-15-16/h1-7,11,15,18H,8-10,12-14H2. The van der Waals surface area contributed by atoms with Crippen molar-refractivity contribution in [2.75, 3.05) is 19.7 Å². The van der Waals surface area contributed by atoms with Gasteiger partial charge in [0, 0.05) is 37.5 Å². The Balaban J connectivity index is 1.42. The van der Waals surface area contributed by atoms with E-state index in [1.165, 1.54) is 0 Å². The zero-order chi connectivity index (χ0) is 17.5. The maximum absolute atomic E-state index is 12.4. The summed E-state index contributed by atoms with van der Waals surface area (Å²) in [6.07, 6.45) is 5.49. The molecule has 1 amide bonds. The largest absolute Gasteiger partial charge is 0.465 e. The molecule has 0 atom stereocenters. The van der Waals surface area contributed by atoms with E-state index >= 15 is 0 Å². The summed E-state index contributed by atoms with van der Waals surface area (Å²) in [5.74, 6) is -0.242. The quantitative estimate of drug-likeness (QED) is 0.787. The van der Waals surface area contributed by atoms with Gasteiger partial charge in [-0.3, -0.25) is 14.6 Å². The van der Waals surface area contributed by atoms with Gasteiger partial charge in [0.05, 0.1) is 12.5 Å². The SMILES string of the molecule is O=C(OCCc1cccnc1)C1CCN(C(=O)c2ccccc2)CC1. The number of amides is 1. The molecule has 3 rings (SSSR count). The third kappa shape index (κ3) is 4.66. The van der Waals surface area contributed by atoms with Gasteiger partial charge >= 0.3 is 5.97 Å². The van der Waals surface area contributed by atoms with Crippen molar-refractivity contribution in [2.45, 2.75) is 19.3 Å². The molecular weight excluding hydrogens is 316 g/mol. The van der Waals surface area contributed by atoms with Crippen molar-refractivity contribution in [2.24, 2.45) is 5.92 Å². The minimum absolute atomic E-state index is 0.0315. The summed E-state index contributed by atoms with van der Waals surface area (Å²) >= 11 is 0. The Kier molecular flexibility index (Phi) is 5.77. The van der Waals surface area contributed by atoms with Crippen molar-refractivity contribution in [3.05, 3.63) is 66.0 Å². The first kappa shape index (κ1) is 17.1. The molecule has 5 nitrogen and oxygen atoms in total. The minimum atomic E-state index is -0.157. The third-order valence-corrected chi connectivity index (χ3v) is 4.49. The predicted molar refractivity (Wildman–Crippen MR) is 94.0 cm³/mol. The van der Waals surface area contributed by atoms with E-state index in [1.54, 1.807) is 12.4 Å². The topological polar surface area (TPSA) is 59.5 Å². The van der Waals surface area contributed by atoms with E-state index < -0.39 is 0 Å². The highest BCUT2D eigenvalue weighted by atomic mass is 16.5. The Bertz CT molecular complexity index is 695. The van der Waals surface area contributed by atoms with Crippen LogP contribution in [0.4, 0.5) is 0 Å². The van der Waals surface area contributed by atoms with Crippen molar-refractivity contribution in [3.63, 3.8) is 0 Å². The molecule has 0 N–H and O–H groups in total. The lowest BCUT2D eigenvalue weighted by atomic mass is 9.96. The number of hydrogen-bond acceptors (Lipinski definition) is 4. The summed E-state index contributed by atoms with van der Waals surface area (Å²) in [6, 6.07) is 13.1. The van der Waals surface area contributed by atoms with Gasteiger partial charge in [0.15, 0.2) is 0 Å². The molecule has 1 aromatic heterocycles. The number of piperidine rings is 1. The lowest BCUT2D eigenvalue weighted by Gasteiger charge is -2.31. The van der Waals surface area contributed by atoms with E-state index in [0.717, 1.165) is 5.56 Å². The molecule has 0 aliphatic carbocycles. The van der Waals surface area contributed by atoms with Gasteiger partial charge in [-0.1, -0.05) is 24.3 Å². The van der Waals surface area contributed by atoms with E-state index in [1.807, 2.05) is 47.4 Å². The number of esters is 1. The molecule has 1 aromatic carbocycles. The molecule has 2 aromatic rings. The second kappa shape index (κ2) is 8.42. The van der Waals surface area contributed by atoms with Gasteiger partial charge in [0.25, 0.3) is 5.91 Å². The fraction of sp³-hybridized carbons (Fsp3) is 0.350. The minimum Gasteiger partial charge on any atom is -0.465 e. The van der Waals surface area contributed by atoms with Crippen LogP contribution in [0.5, 0.6) is 0 Å². The van der Waals surface area contributed by atoms with Crippen LogP contribution in [0.1, 0.15) is 28.8 Å². The van der Waals surface area contributed by atoms with Crippen LogP contribution >= 0.6 is 0 Å². The van der Waals surface area contributed by atoms with E-state index in [-0.39, 0.29) is 17.8 Å². The lowest BCUT2D eigenvalue weighted by Crippen LogP contribution is -2.40. The number of pyridine rings is 1. The van der Waals surface area contributed by atoms with Crippen LogP contribution in [0.2, 0.25) is 0 Å². The number of aromatic nitrogens is 1. The Morgan fingerprint density at radius 3 is 2.52 bits per heavy atom. The zero-order valence-corrected chi connectivity index (χ0v) is 14.1. The first-order valence-electron chi connectivity index (χ1n) is 8.64. The molecule has 25 heavy (non-hydrogen) atoms. The molecule has 0 bridgehead atoms. The number of benzene rings is 1. The summed E-state index contributed by atoms with van der Waals surface area (Å²) in [5, 5.41) is 0. The Hall–Kier alpha value is -2.69. The van der Waals surface area contributed by atoms with Gasteiger partial charge in [-0.25, -0.2) is 0 Å². The molecule has 1 fully saturated rings. The van der Waals surface area contributed by atoms with E-state index in [4.69, 9.17) is 4.74 Å². The number of ether oxygens (including phenoxy) is 1. The number of rotatable bonds is 5. The van der Waals surface area contributed by atoms with Crippen LogP contribution in [-0.4, -0.2) is 41.5 Å². The maximum atomic E-state index is 12.4. The number of carbonyl (C=O) groups is 2. The van der Waals surface area contributed by atoms with Gasteiger partial charge in [0.1, 0.15) is 0 Å². The molecule has 0 unspecified atom stereocenters. The smallest absolute Gasteiger partial charge is 0.309 e. The maximum Gasteiger partial charge on any atom is 0.309 e. The monoisotopic (exact) mass is 338 g/mol. The first-order valence-corrected chi connectivity index (χ1v) is 8.64. The fourth-order valence-electron chi connectivity index (χ4n) is 3.01. The van der Waals surface area contributed by atoms with Crippen molar-refractivity contribution in [1.29, 1.82) is 0 Å². The molecule has 0 saturated carbocycles. The van der Waals surface area contributed by atoms with Crippen molar-refractivity contribution < 1.29 is 14.3 Å². The third-order valence-electron chi connectivity index (χ3n) is 4.49. The van der Waals surface area contributed by atoms with E-state index in [2.05, 4.69) is 4.98 Å². The summed E-state index contributed by atoms with van der Waals surface area (Å²) in [5.41, 5.74) is 1.75. The lowest BCUT2D eigenvalue weighted by molar-refractivity contribution is -0.149. The molecular formula is C20H22N2O3. The summed E-state index contributed by atoms with van der Waals surface area (Å²) in [6.45, 7) is 1.56. The summed E-state index contributed by atoms with van der Waals surface area (Å²) in [4.78, 5) is 30.5. The highest BCUT2D eigenvalue weighted by Crippen LogP contribution is 2.20. The highest BCUT2D eigenvalue weighted by Gasteiger charge is 2.28. The Morgan fingerprint density at radius 2 is 1.84 bits per heavy atom. The normalized spacial score (nSPS) is 15.0. The summed E-state index contributed by atoms with van der Waals surface area (Å²) < 4.78 is 5.40. The molecule has 1 aliphatic rings. The van der Waals surface area contributed by atoms with E-state index in [0.29, 0.717) is 44.5 Å². The number of carbonyl (C=O) groups excluding carboxylic acids is 2. The fourth-order valence-corrected chi connectivity index (χ4v) is 3.01. The molecule has 1 aliphatic heterocycles. The van der Waals surface area contributed by atoms with Crippen molar-refractivity contribution in [1.82, 2.24) is 9.88 Å². The van der Waals surface area contributed by atoms with Crippen LogP contribution in [-0.2, 0) is 16.0 Å². The van der Waals surface area contributed by atoms with Crippen LogP contribution in [0.3, 0.4) is 0 Å². The second-order valence-electron chi connectivity index (χ2n) is 6.21. The Morgan fingerprint density at radius 1 is 1.08 bits per heavy atom. The molecule has 1 saturated heterocycles. The molecule has 2 heterocycles. The van der Waals surface area contributed by atoms with Gasteiger partial charge in [-0.15, -0.1) is 0 Å². The number of nitrogens with zero attached hydrogens (tertiary/aromatic N) is 2. The highest BCUT2D eigenvalue weighted by molar-refractivity contribution is 5.94. The van der Waals surface area contributed by atoms with E-state index in [9.17, 15) is 9.59 Å². The van der Waals surface area contributed by atoms with Crippen LogP contribution in [0.25, 0.3) is 0 Å².